The van der Waals surface area contributed by atoms with Crippen LogP contribution >= 0.6 is 0 Å². The van der Waals surface area contributed by atoms with Gasteiger partial charge in [-0.2, -0.15) is 0 Å². The molecular weight excluding hydrogens is 154 g/mol. The highest BCUT2D eigenvalue weighted by molar-refractivity contribution is 6.13. The number of imide groups is 1. The first kappa shape index (κ1) is 8.97. The SMILES string of the molecule is CC(C)/C=C1\CC(=O)N(C)C1=O. The van der Waals surface area contributed by atoms with E-state index in [1.165, 1.54) is 11.9 Å². The molecule has 1 aliphatic rings. The van der Waals surface area contributed by atoms with Gasteiger partial charge >= 0.3 is 0 Å². The van der Waals surface area contributed by atoms with E-state index in [2.05, 4.69) is 0 Å². The Balaban J connectivity index is 2.85. The highest BCUT2D eigenvalue weighted by atomic mass is 16.2. The first-order valence-electron chi connectivity index (χ1n) is 4.04. The number of carbonyl (C=O) groups is 2. The summed E-state index contributed by atoms with van der Waals surface area (Å²) in [6.45, 7) is 3.98. The molecule has 0 aromatic rings. The largest absolute Gasteiger partial charge is 0.282 e. The normalized spacial score (nSPS) is 21.7. The molecule has 0 saturated carbocycles. The Kier molecular flexibility index (Phi) is 2.31. The monoisotopic (exact) mass is 167 g/mol. The van der Waals surface area contributed by atoms with E-state index < -0.39 is 0 Å². The maximum Gasteiger partial charge on any atom is 0.256 e. The second-order valence-corrected chi connectivity index (χ2v) is 3.37. The number of carbonyl (C=O) groups excluding carboxylic acids is 2. The minimum absolute atomic E-state index is 0.105. The smallest absolute Gasteiger partial charge is 0.256 e. The number of hydrogen-bond donors (Lipinski definition) is 0. The van der Waals surface area contributed by atoms with Crippen molar-refractivity contribution in [3.8, 4) is 0 Å². The van der Waals surface area contributed by atoms with Crippen LogP contribution in [0.1, 0.15) is 20.3 Å². The molecule has 0 N–H and O–H groups in total. The molecule has 3 heteroatoms. The first-order valence-corrected chi connectivity index (χ1v) is 4.04. The number of hydrogen-bond acceptors (Lipinski definition) is 2. The lowest BCUT2D eigenvalue weighted by atomic mass is 10.1. The van der Waals surface area contributed by atoms with Crippen LogP contribution in [0, 0.1) is 5.92 Å². The lowest BCUT2D eigenvalue weighted by Crippen LogP contribution is -2.23. The summed E-state index contributed by atoms with van der Waals surface area (Å²) in [6.07, 6.45) is 2.12. The summed E-state index contributed by atoms with van der Waals surface area (Å²) in [5.74, 6) is 0.0730. The van der Waals surface area contributed by atoms with Gasteiger partial charge in [0.2, 0.25) is 5.91 Å². The van der Waals surface area contributed by atoms with Crippen molar-refractivity contribution in [1.82, 2.24) is 4.90 Å². The second kappa shape index (κ2) is 3.09. The predicted octanol–water partition coefficient (Wildman–Crippen LogP) is 0.958. The molecule has 0 unspecified atom stereocenters. The standard InChI is InChI=1S/C9H13NO2/c1-6(2)4-7-5-8(11)10(3)9(7)12/h4,6H,5H2,1-3H3/b7-4+. The van der Waals surface area contributed by atoms with E-state index in [-0.39, 0.29) is 18.2 Å². The van der Waals surface area contributed by atoms with E-state index >= 15 is 0 Å². The Morgan fingerprint density at radius 3 is 2.33 bits per heavy atom. The Bertz CT molecular complexity index is 253. The van der Waals surface area contributed by atoms with Gasteiger partial charge in [0.15, 0.2) is 0 Å². The molecule has 0 aromatic heterocycles. The number of nitrogens with zero attached hydrogens (tertiary/aromatic N) is 1. The summed E-state index contributed by atoms with van der Waals surface area (Å²) in [5.41, 5.74) is 0.637. The second-order valence-electron chi connectivity index (χ2n) is 3.37. The molecule has 3 nitrogen and oxygen atoms in total. The molecule has 2 amide bonds. The zero-order valence-electron chi connectivity index (χ0n) is 7.63. The Morgan fingerprint density at radius 1 is 1.42 bits per heavy atom. The fourth-order valence-corrected chi connectivity index (χ4v) is 1.22. The van der Waals surface area contributed by atoms with E-state index in [1.54, 1.807) is 0 Å². The van der Waals surface area contributed by atoms with Crippen molar-refractivity contribution in [2.75, 3.05) is 7.05 Å². The van der Waals surface area contributed by atoms with Gasteiger partial charge in [-0.25, -0.2) is 0 Å². The molecule has 1 heterocycles. The molecule has 66 valence electrons. The number of rotatable bonds is 1. The Hall–Kier alpha value is -1.12. The van der Waals surface area contributed by atoms with Gasteiger partial charge in [0.1, 0.15) is 0 Å². The molecule has 0 aliphatic carbocycles. The van der Waals surface area contributed by atoms with Gasteiger partial charge in [0.25, 0.3) is 5.91 Å². The van der Waals surface area contributed by atoms with Gasteiger partial charge in [0.05, 0.1) is 6.42 Å². The van der Waals surface area contributed by atoms with Crippen LogP contribution in [0.15, 0.2) is 11.6 Å². The molecule has 1 fully saturated rings. The van der Waals surface area contributed by atoms with Crippen LogP contribution in [0.4, 0.5) is 0 Å². The van der Waals surface area contributed by atoms with Crippen LogP contribution in [-0.2, 0) is 9.59 Å². The molecular formula is C9H13NO2. The average molecular weight is 167 g/mol. The summed E-state index contributed by atoms with van der Waals surface area (Å²) < 4.78 is 0. The molecule has 0 atom stereocenters. The number of allylic oxidation sites excluding steroid dienone is 1. The van der Waals surface area contributed by atoms with Gasteiger partial charge < -0.3 is 0 Å². The van der Waals surface area contributed by atoms with E-state index in [0.717, 1.165) is 0 Å². The lowest BCUT2D eigenvalue weighted by Gasteiger charge is -2.02. The van der Waals surface area contributed by atoms with Crippen molar-refractivity contribution >= 4 is 11.8 Å². The Morgan fingerprint density at radius 2 is 2.00 bits per heavy atom. The van der Waals surface area contributed by atoms with Crippen molar-refractivity contribution in [2.45, 2.75) is 20.3 Å². The Labute approximate surface area is 72.0 Å². The highest BCUT2D eigenvalue weighted by Gasteiger charge is 2.30. The molecule has 1 rings (SSSR count). The van der Waals surface area contributed by atoms with E-state index in [1.807, 2.05) is 19.9 Å². The van der Waals surface area contributed by atoms with Crippen molar-refractivity contribution in [3.05, 3.63) is 11.6 Å². The fraction of sp³-hybridized carbons (Fsp3) is 0.556. The minimum atomic E-state index is -0.145. The van der Waals surface area contributed by atoms with Gasteiger partial charge in [-0.3, -0.25) is 14.5 Å². The van der Waals surface area contributed by atoms with Gasteiger partial charge in [-0.1, -0.05) is 19.9 Å². The van der Waals surface area contributed by atoms with Crippen LogP contribution in [-0.4, -0.2) is 23.8 Å². The summed E-state index contributed by atoms with van der Waals surface area (Å²) in [6, 6.07) is 0. The van der Waals surface area contributed by atoms with E-state index in [0.29, 0.717) is 11.5 Å². The summed E-state index contributed by atoms with van der Waals surface area (Å²) in [4.78, 5) is 23.5. The van der Waals surface area contributed by atoms with Gasteiger partial charge in [-0.05, 0) is 5.92 Å². The topological polar surface area (TPSA) is 37.4 Å². The number of likely N-dealkylation sites (tertiary alicyclic amines) is 1. The molecule has 0 aromatic carbocycles. The van der Waals surface area contributed by atoms with Gasteiger partial charge in [0, 0.05) is 12.6 Å². The third-order valence-corrected chi connectivity index (χ3v) is 1.83. The van der Waals surface area contributed by atoms with Crippen LogP contribution in [0.25, 0.3) is 0 Å². The summed E-state index contributed by atoms with van der Waals surface area (Å²) >= 11 is 0. The fourth-order valence-electron chi connectivity index (χ4n) is 1.22. The van der Waals surface area contributed by atoms with Crippen molar-refractivity contribution in [3.63, 3.8) is 0 Å². The predicted molar refractivity (Wildman–Crippen MR) is 45.3 cm³/mol. The van der Waals surface area contributed by atoms with Crippen LogP contribution < -0.4 is 0 Å². The summed E-state index contributed by atoms with van der Waals surface area (Å²) in [5, 5.41) is 0. The van der Waals surface area contributed by atoms with E-state index in [4.69, 9.17) is 0 Å². The molecule has 0 spiro atoms. The quantitative estimate of drug-likeness (QED) is 0.431. The highest BCUT2D eigenvalue weighted by Crippen LogP contribution is 2.18. The van der Waals surface area contributed by atoms with Crippen LogP contribution in [0.5, 0.6) is 0 Å². The van der Waals surface area contributed by atoms with Crippen molar-refractivity contribution in [2.24, 2.45) is 5.92 Å². The third-order valence-electron chi connectivity index (χ3n) is 1.83. The number of likely N-dealkylation sites (N-methyl/N-ethyl adjacent to an activating group) is 1. The first-order chi connectivity index (χ1) is 5.52. The molecule has 0 radical (unpaired) electrons. The van der Waals surface area contributed by atoms with Crippen molar-refractivity contribution in [1.29, 1.82) is 0 Å². The maximum absolute atomic E-state index is 11.3. The summed E-state index contributed by atoms with van der Waals surface area (Å²) in [7, 11) is 1.52. The molecule has 0 bridgehead atoms. The molecule has 12 heavy (non-hydrogen) atoms. The lowest BCUT2D eigenvalue weighted by molar-refractivity contribution is -0.135. The minimum Gasteiger partial charge on any atom is -0.282 e. The maximum atomic E-state index is 11.3. The number of amides is 2. The van der Waals surface area contributed by atoms with Gasteiger partial charge in [-0.15, -0.1) is 0 Å². The molecule has 1 aliphatic heterocycles. The van der Waals surface area contributed by atoms with E-state index in [9.17, 15) is 9.59 Å². The average Bonchev–Trinajstić information content (AvgIpc) is 2.17. The third kappa shape index (κ3) is 1.55. The van der Waals surface area contributed by atoms with Crippen LogP contribution in [0.2, 0.25) is 0 Å². The molecule has 1 saturated heterocycles. The van der Waals surface area contributed by atoms with Crippen molar-refractivity contribution < 1.29 is 9.59 Å². The van der Waals surface area contributed by atoms with Crippen LogP contribution in [0.3, 0.4) is 0 Å². The zero-order valence-corrected chi connectivity index (χ0v) is 7.63. The zero-order chi connectivity index (χ0) is 9.30.